The number of fused-ring (bicyclic) bond motifs is 5. The van der Waals surface area contributed by atoms with E-state index in [1.807, 2.05) is 20.8 Å². The molecule has 4 rings (SSSR count). The van der Waals surface area contributed by atoms with Gasteiger partial charge in [0.1, 0.15) is 0 Å². The van der Waals surface area contributed by atoms with Crippen LogP contribution >= 0.6 is 0 Å². The van der Waals surface area contributed by atoms with Gasteiger partial charge in [-0.15, -0.1) is 0 Å². The van der Waals surface area contributed by atoms with Crippen LogP contribution in [0.15, 0.2) is 0 Å². The summed E-state index contributed by atoms with van der Waals surface area (Å²) in [6.45, 7) is 9.96. The summed E-state index contributed by atoms with van der Waals surface area (Å²) in [5, 5.41) is 44.1. The number of rotatable bonds is 6. The van der Waals surface area contributed by atoms with Crippen molar-refractivity contribution in [1.29, 1.82) is 0 Å². The average molecular weight is 495 g/mol. The maximum Gasteiger partial charge on any atom is 0.309 e. The molecule has 7 heteroatoms. The molecule has 0 heterocycles. The monoisotopic (exact) mass is 494 g/mol. The van der Waals surface area contributed by atoms with Gasteiger partial charge in [0.2, 0.25) is 0 Å². The molecule has 0 aromatic rings. The fourth-order valence-electron chi connectivity index (χ4n) is 9.52. The highest BCUT2D eigenvalue weighted by molar-refractivity contribution is 5.74. The fourth-order valence-corrected chi connectivity index (χ4v) is 9.52. The van der Waals surface area contributed by atoms with E-state index >= 15 is 0 Å². The van der Waals surface area contributed by atoms with Crippen molar-refractivity contribution in [2.24, 2.45) is 40.4 Å². The zero-order valence-electron chi connectivity index (χ0n) is 22.1. The number of ether oxygens (including phenoxy) is 1. The van der Waals surface area contributed by atoms with Gasteiger partial charge in [-0.2, -0.15) is 0 Å². The topological polar surface area (TPSA) is 124 Å². The van der Waals surface area contributed by atoms with Crippen LogP contribution in [0.4, 0.5) is 0 Å². The molecule has 0 aromatic carbocycles. The quantitative estimate of drug-likeness (QED) is 0.413. The molecule has 4 saturated carbocycles. The average Bonchev–Trinajstić information content (AvgIpc) is 3.03. The summed E-state index contributed by atoms with van der Waals surface area (Å²) in [6.07, 6.45) is 4.32. The number of carbonyl (C=O) groups excluding carboxylic acids is 1. The van der Waals surface area contributed by atoms with Crippen molar-refractivity contribution >= 4 is 11.9 Å². The molecule has 0 spiro atoms. The first kappa shape index (κ1) is 26.9. The SMILES string of the molecule is CCC1C(C(=O)OC(C)C)[C@H]2[C@@H]3CC[C@](O)(CCC(=O)O)[C@@]3(C)CC[C@@H]2[C@@]2(C)CCC(O)CC12O. The Balaban J connectivity index is 1.81. The summed E-state index contributed by atoms with van der Waals surface area (Å²) in [6, 6.07) is 0. The molecular weight excluding hydrogens is 448 g/mol. The summed E-state index contributed by atoms with van der Waals surface area (Å²) in [4.78, 5) is 25.1. The lowest BCUT2D eigenvalue weighted by atomic mass is 9.38. The third-order valence-electron chi connectivity index (χ3n) is 11.3. The highest BCUT2D eigenvalue weighted by atomic mass is 16.5. The van der Waals surface area contributed by atoms with Gasteiger partial charge in [0.05, 0.1) is 29.3 Å². The van der Waals surface area contributed by atoms with Crippen LogP contribution in [0.5, 0.6) is 0 Å². The van der Waals surface area contributed by atoms with E-state index in [9.17, 15) is 30.0 Å². The van der Waals surface area contributed by atoms with Crippen molar-refractivity contribution in [2.45, 2.75) is 122 Å². The maximum absolute atomic E-state index is 13.8. The van der Waals surface area contributed by atoms with Crippen molar-refractivity contribution in [2.75, 3.05) is 0 Å². The number of aliphatic hydroxyl groups excluding tert-OH is 1. The molecule has 4 aliphatic rings. The molecule has 200 valence electrons. The van der Waals surface area contributed by atoms with Crippen molar-refractivity contribution in [3.8, 4) is 0 Å². The second-order valence-corrected chi connectivity index (χ2v) is 13.0. The van der Waals surface area contributed by atoms with E-state index in [4.69, 9.17) is 4.74 Å². The predicted octanol–water partition coefficient (Wildman–Crippen LogP) is 3.91. The van der Waals surface area contributed by atoms with Crippen molar-refractivity contribution in [1.82, 2.24) is 0 Å². The summed E-state index contributed by atoms with van der Waals surface area (Å²) in [5.41, 5.74) is -3.16. The van der Waals surface area contributed by atoms with Gasteiger partial charge in [-0.3, -0.25) is 9.59 Å². The molecule has 4 fully saturated rings. The number of esters is 1. The van der Waals surface area contributed by atoms with Gasteiger partial charge >= 0.3 is 11.9 Å². The predicted molar refractivity (Wildman–Crippen MR) is 130 cm³/mol. The number of carbonyl (C=O) groups is 2. The second kappa shape index (κ2) is 8.98. The smallest absolute Gasteiger partial charge is 0.309 e. The molecule has 4 unspecified atom stereocenters. The standard InChI is InChI=1S/C28H46O7/c1-6-18-23(24(32)35-16(2)3)22-19-9-13-27(33,14-10-21(30)31)25(19,4)12-8-20(22)26(5)11-7-17(29)15-28(18,26)34/h16-20,22-23,29,33-34H,6-15H2,1-5H3,(H,30,31)/t17?,18?,19-,20-,22-,23?,25-,26+,27-,28?/m0/s1. The molecule has 0 bridgehead atoms. The normalized spacial score (nSPS) is 49.2. The van der Waals surface area contributed by atoms with E-state index in [0.29, 0.717) is 25.7 Å². The van der Waals surface area contributed by atoms with Gasteiger partial charge in [0.25, 0.3) is 0 Å². The van der Waals surface area contributed by atoms with E-state index in [1.54, 1.807) is 0 Å². The lowest BCUT2D eigenvalue weighted by Crippen LogP contribution is -2.71. The van der Waals surface area contributed by atoms with Crippen LogP contribution in [0, 0.1) is 40.4 Å². The van der Waals surface area contributed by atoms with Gasteiger partial charge in [-0.1, -0.05) is 20.8 Å². The van der Waals surface area contributed by atoms with Crippen molar-refractivity contribution in [3.05, 3.63) is 0 Å². The van der Waals surface area contributed by atoms with E-state index in [2.05, 4.69) is 13.8 Å². The van der Waals surface area contributed by atoms with Crippen LogP contribution in [0.1, 0.15) is 98.8 Å². The Bertz CT molecular complexity index is 843. The lowest BCUT2D eigenvalue weighted by molar-refractivity contribution is -0.274. The molecular formula is C28H46O7. The molecule has 0 aliphatic heterocycles. The van der Waals surface area contributed by atoms with Crippen molar-refractivity contribution < 1.29 is 34.8 Å². The Kier molecular flexibility index (Phi) is 6.90. The first-order valence-corrected chi connectivity index (χ1v) is 13.8. The van der Waals surface area contributed by atoms with Crippen LogP contribution in [0.2, 0.25) is 0 Å². The van der Waals surface area contributed by atoms with Crippen LogP contribution in [-0.2, 0) is 14.3 Å². The molecule has 0 aromatic heterocycles. The number of aliphatic carboxylic acids is 1. The van der Waals surface area contributed by atoms with Crippen LogP contribution in [0.3, 0.4) is 0 Å². The van der Waals surface area contributed by atoms with Gasteiger partial charge < -0.3 is 25.2 Å². The third-order valence-corrected chi connectivity index (χ3v) is 11.3. The largest absolute Gasteiger partial charge is 0.481 e. The number of aliphatic hydroxyl groups is 3. The zero-order valence-corrected chi connectivity index (χ0v) is 22.1. The van der Waals surface area contributed by atoms with Crippen molar-refractivity contribution in [3.63, 3.8) is 0 Å². The molecule has 7 nitrogen and oxygen atoms in total. The van der Waals surface area contributed by atoms with Crippen LogP contribution in [-0.4, -0.2) is 55.8 Å². The number of hydrogen-bond donors (Lipinski definition) is 4. The number of carboxylic acid groups (broad SMARTS) is 1. The summed E-state index contributed by atoms with van der Waals surface area (Å²) < 4.78 is 5.81. The van der Waals surface area contributed by atoms with Crippen LogP contribution < -0.4 is 0 Å². The Morgan fingerprint density at radius 1 is 1.00 bits per heavy atom. The molecule has 10 atom stereocenters. The van der Waals surface area contributed by atoms with Gasteiger partial charge in [0.15, 0.2) is 0 Å². The Morgan fingerprint density at radius 3 is 2.20 bits per heavy atom. The van der Waals surface area contributed by atoms with Gasteiger partial charge in [-0.05, 0) is 93.8 Å². The van der Waals surface area contributed by atoms with E-state index in [0.717, 1.165) is 19.3 Å². The summed E-state index contributed by atoms with van der Waals surface area (Å²) in [7, 11) is 0. The molecule has 0 radical (unpaired) electrons. The van der Waals surface area contributed by atoms with E-state index in [-0.39, 0.29) is 55.0 Å². The zero-order chi connectivity index (χ0) is 26.0. The summed E-state index contributed by atoms with van der Waals surface area (Å²) >= 11 is 0. The molecule has 4 N–H and O–H groups in total. The molecule has 0 saturated heterocycles. The van der Waals surface area contributed by atoms with Crippen LogP contribution in [0.25, 0.3) is 0 Å². The minimum Gasteiger partial charge on any atom is -0.481 e. The van der Waals surface area contributed by atoms with Gasteiger partial charge in [0, 0.05) is 18.8 Å². The first-order chi connectivity index (χ1) is 16.2. The Labute approximate surface area is 209 Å². The number of hydrogen-bond acceptors (Lipinski definition) is 6. The van der Waals surface area contributed by atoms with Gasteiger partial charge in [-0.25, -0.2) is 0 Å². The number of carboxylic acids is 1. The molecule has 0 amide bonds. The minimum absolute atomic E-state index is 0.0482. The maximum atomic E-state index is 13.8. The van der Waals surface area contributed by atoms with E-state index < -0.39 is 40.0 Å². The Hall–Kier alpha value is -1.18. The highest BCUT2D eigenvalue weighted by Crippen LogP contribution is 2.72. The lowest BCUT2D eigenvalue weighted by Gasteiger charge is -2.68. The summed E-state index contributed by atoms with van der Waals surface area (Å²) in [5.74, 6) is -1.96. The second-order valence-electron chi connectivity index (χ2n) is 13.0. The first-order valence-electron chi connectivity index (χ1n) is 13.8. The molecule has 4 aliphatic carbocycles. The third kappa shape index (κ3) is 3.86. The Morgan fingerprint density at radius 2 is 1.60 bits per heavy atom. The molecule has 35 heavy (non-hydrogen) atoms. The fraction of sp³-hybridized carbons (Fsp3) is 0.929. The minimum atomic E-state index is -1.16. The van der Waals surface area contributed by atoms with E-state index in [1.165, 1.54) is 0 Å². The highest BCUT2D eigenvalue weighted by Gasteiger charge is 2.72.